The summed E-state index contributed by atoms with van der Waals surface area (Å²) in [6.07, 6.45) is 1.62. The Bertz CT molecular complexity index is 1390. The molecule has 2 aliphatic heterocycles. The summed E-state index contributed by atoms with van der Waals surface area (Å²) in [7, 11) is 0. The van der Waals surface area contributed by atoms with Crippen LogP contribution in [0, 0.1) is 10.1 Å². The van der Waals surface area contributed by atoms with Crippen molar-refractivity contribution in [1.82, 2.24) is 15.0 Å². The van der Waals surface area contributed by atoms with Crippen LogP contribution in [0.2, 0.25) is 0 Å². The minimum Gasteiger partial charge on any atom is -0.357 e. The largest absolute Gasteiger partial charge is 0.357 e. The van der Waals surface area contributed by atoms with Crippen molar-refractivity contribution in [2.45, 2.75) is 22.4 Å². The summed E-state index contributed by atoms with van der Waals surface area (Å²) in [5.41, 5.74) is 1.48. The third-order valence-corrected chi connectivity index (χ3v) is 7.03. The minimum absolute atomic E-state index is 0.0205. The maximum absolute atomic E-state index is 12.1. The summed E-state index contributed by atoms with van der Waals surface area (Å²) in [5.74, 6) is 0.562. The zero-order valence-electron chi connectivity index (χ0n) is 17.8. The summed E-state index contributed by atoms with van der Waals surface area (Å²) in [5, 5.41) is 24.7. The van der Waals surface area contributed by atoms with Gasteiger partial charge in [-0.3, -0.25) is 15.0 Å². The first kappa shape index (κ1) is 20.4. The second kappa shape index (κ2) is 7.99. The standard InChI is InChI=1S/C24H18N6O3S/c31-30(32)22-15-24(21-16-25-29(26-21)18-11-5-2-6-12-18)28(19-13-7-8-14-20(19)34-22)23(27-33-24)17-9-3-1-4-10-17/h1-14,16,22H,15H2. The maximum Gasteiger partial charge on any atom is 0.269 e. The van der Waals surface area contributed by atoms with E-state index in [2.05, 4.69) is 10.3 Å². The fourth-order valence-electron chi connectivity index (χ4n) is 4.26. The van der Waals surface area contributed by atoms with Gasteiger partial charge in [-0.05, 0) is 36.0 Å². The molecule has 2 aliphatic rings. The number of para-hydroxylation sites is 2. The van der Waals surface area contributed by atoms with E-state index < -0.39 is 11.1 Å². The van der Waals surface area contributed by atoms with Crippen molar-refractivity contribution in [3.8, 4) is 5.69 Å². The smallest absolute Gasteiger partial charge is 0.269 e. The predicted molar refractivity (Wildman–Crippen MR) is 127 cm³/mol. The molecule has 9 nitrogen and oxygen atoms in total. The van der Waals surface area contributed by atoms with Gasteiger partial charge in [0, 0.05) is 15.4 Å². The van der Waals surface area contributed by atoms with E-state index in [0.29, 0.717) is 11.5 Å². The Morgan fingerprint density at radius 1 is 1.00 bits per heavy atom. The van der Waals surface area contributed by atoms with E-state index in [1.165, 1.54) is 16.6 Å². The molecule has 0 saturated carbocycles. The van der Waals surface area contributed by atoms with E-state index in [1.54, 1.807) is 6.20 Å². The molecule has 6 rings (SSSR count). The molecule has 2 unspecified atom stereocenters. The third-order valence-electron chi connectivity index (χ3n) is 5.82. The number of nitrogens with zero attached hydrogens (tertiary/aromatic N) is 6. The van der Waals surface area contributed by atoms with Crippen LogP contribution in [-0.2, 0) is 10.6 Å². The monoisotopic (exact) mass is 470 g/mol. The van der Waals surface area contributed by atoms with Crippen molar-refractivity contribution in [3.63, 3.8) is 0 Å². The van der Waals surface area contributed by atoms with Crippen LogP contribution in [0.3, 0.4) is 0 Å². The SMILES string of the molecule is O=[N+]([O-])C1CC2(c3cnn(-c4ccccc4)n3)ON=C(c3ccccc3)N2c2ccccc2S1. The molecule has 4 aromatic rings. The highest BCUT2D eigenvalue weighted by atomic mass is 32.2. The van der Waals surface area contributed by atoms with Crippen LogP contribution in [0.25, 0.3) is 5.69 Å². The zero-order valence-corrected chi connectivity index (χ0v) is 18.6. The van der Waals surface area contributed by atoms with Crippen LogP contribution in [0.1, 0.15) is 17.7 Å². The highest BCUT2D eigenvalue weighted by molar-refractivity contribution is 7.99. The lowest BCUT2D eigenvalue weighted by molar-refractivity contribution is -0.499. The van der Waals surface area contributed by atoms with Crippen LogP contribution in [0.15, 0.2) is 101 Å². The fourth-order valence-corrected chi connectivity index (χ4v) is 5.38. The summed E-state index contributed by atoms with van der Waals surface area (Å²) >= 11 is 1.21. The van der Waals surface area contributed by atoms with Gasteiger partial charge in [0.05, 0.1) is 24.0 Å². The molecule has 0 fully saturated rings. The van der Waals surface area contributed by atoms with Crippen molar-refractivity contribution < 1.29 is 9.76 Å². The Kier molecular flexibility index (Phi) is 4.80. The number of rotatable bonds is 4. The lowest BCUT2D eigenvalue weighted by Crippen LogP contribution is -2.48. The van der Waals surface area contributed by atoms with Crippen molar-refractivity contribution in [3.05, 3.63) is 112 Å². The topological polar surface area (TPSA) is 98.7 Å². The Balaban J connectivity index is 1.55. The molecule has 0 saturated heterocycles. The molecule has 168 valence electrons. The van der Waals surface area contributed by atoms with Gasteiger partial charge in [0.25, 0.3) is 11.1 Å². The average molecular weight is 471 g/mol. The van der Waals surface area contributed by atoms with Crippen LogP contribution >= 0.6 is 11.8 Å². The molecular formula is C24H18N6O3S. The quantitative estimate of drug-likeness (QED) is 0.322. The lowest BCUT2D eigenvalue weighted by atomic mass is 10.0. The lowest BCUT2D eigenvalue weighted by Gasteiger charge is -2.34. The fraction of sp³-hybridized carbons (Fsp3) is 0.125. The molecule has 0 N–H and O–H groups in total. The number of aromatic nitrogens is 3. The number of oxime groups is 1. The number of nitro groups is 1. The first-order valence-electron chi connectivity index (χ1n) is 10.6. The number of benzene rings is 3. The summed E-state index contributed by atoms with van der Waals surface area (Å²) in [6, 6.07) is 26.7. The number of fused-ring (bicyclic) bond motifs is 3. The van der Waals surface area contributed by atoms with Crippen molar-refractivity contribution in [1.29, 1.82) is 0 Å². The molecule has 0 spiro atoms. The number of anilines is 1. The van der Waals surface area contributed by atoms with Gasteiger partial charge in [-0.25, -0.2) is 0 Å². The minimum atomic E-state index is -1.34. The Morgan fingerprint density at radius 2 is 1.71 bits per heavy atom. The highest BCUT2D eigenvalue weighted by Crippen LogP contribution is 2.51. The first-order chi connectivity index (χ1) is 16.7. The Labute approximate surface area is 198 Å². The first-order valence-corrected chi connectivity index (χ1v) is 11.5. The molecule has 10 heteroatoms. The van der Waals surface area contributed by atoms with Gasteiger partial charge in [0.2, 0.25) is 0 Å². The molecule has 34 heavy (non-hydrogen) atoms. The van der Waals surface area contributed by atoms with Gasteiger partial charge < -0.3 is 4.84 Å². The van der Waals surface area contributed by atoms with Crippen molar-refractivity contribution >= 4 is 23.3 Å². The number of hydrogen-bond donors (Lipinski definition) is 0. The van der Waals surface area contributed by atoms with E-state index in [4.69, 9.17) is 9.94 Å². The van der Waals surface area contributed by atoms with Gasteiger partial charge in [0.15, 0.2) is 11.5 Å². The van der Waals surface area contributed by atoms with E-state index >= 15 is 0 Å². The molecule has 0 bridgehead atoms. The molecule has 0 amide bonds. The van der Waals surface area contributed by atoms with E-state index in [1.807, 2.05) is 89.8 Å². The van der Waals surface area contributed by atoms with Crippen LogP contribution in [0.4, 0.5) is 5.69 Å². The number of amidine groups is 1. The highest BCUT2D eigenvalue weighted by Gasteiger charge is 2.57. The number of hydrogen-bond acceptors (Lipinski definition) is 8. The second-order valence-corrected chi connectivity index (χ2v) is 9.10. The van der Waals surface area contributed by atoms with Gasteiger partial charge in [-0.2, -0.15) is 9.90 Å². The van der Waals surface area contributed by atoms with Crippen LogP contribution < -0.4 is 4.90 Å². The average Bonchev–Trinajstić information content (AvgIpc) is 3.48. The molecular weight excluding hydrogens is 452 g/mol. The predicted octanol–water partition coefficient (Wildman–Crippen LogP) is 4.42. The molecule has 0 radical (unpaired) electrons. The third kappa shape index (κ3) is 3.22. The van der Waals surface area contributed by atoms with Crippen molar-refractivity contribution in [2.75, 3.05) is 4.90 Å². The van der Waals surface area contributed by atoms with Crippen molar-refractivity contribution in [2.24, 2.45) is 5.16 Å². The molecule has 3 aromatic carbocycles. The normalized spacial score (nSPS) is 21.1. The summed E-state index contributed by atoms with van der Waals surface area (Å²) < 4.78 is 0. The Hall–Kier alpha value is -4.18. The van der Waals surface area contributed by atoms with E-state index in [0.717, 1.165) is 21.8 Å². The maximum atomic E-state index is 12.1. The second-order valence-electron chi connectivity index (χ2n) is 7.88. The summed E-state index contributed by atoms with van der Waals surface area (Å²) in [6.45, 7) is 0. The molecule has 2 atom stereocenters. The van der Waals surface area contributed by atoms with Crippen LogP contribution in [0.5, 0.6) is 0 Å². The molecule has 0 aliphatic carbocycles. The van der Waals surface area contributed by atoms with Gasteiger partial charge in [-0.1, -0.05) is 65.8 Å². The molecule has 3 heterocycles. The van der Waals surface area contributed by atoms with E-state index in [-0.39, 0.29) is 11.3 Å². The summed E-state index contributed by atoms with van der Waals surface area (Å²) in [4.78, 5) is 22.1. The Morgan fingerprint density at radius 3 is 2.47 bits per heavy atom. The molecule has 1 aromatic heterocycles. The zero-order chi connectivity index (χ0) is 23.1. The van der Waals surface area contributed by atoms with E-state index in [9.17, 15) is 10.1 Å². The number of thioether (sulfide) groups is 1. The van der Waals surface area contributed by atoms with Gasteiger partial charge >= 0.3 is 0 Å². The van der Waals surface area contributed by atoms with Crippen LogP contribution in [-0.4, -0.2) is 31.1 Å². The van der Waals surface area contributed by atoms with Gasteiger partial charge in [-0.15, -0.1) is 5.10 Å². The van der Waals surface area contributed by atoms with Gasteiger partial charge in [0.1, 0.15) is 0 Å².